The molecule has 112 valence electrons. The lowest BCUT2D eigenvalue weighted by Gasteiger charge is -2.35. The van der Waals surface area contributed by atoms with Crippen LogP contribution in [0.1, 0.15) is 6.92 Å². The molecule has 1 aromatic rings. The average Bonchev–Trinajstić information content (AvgIpc) is 2.37. The van der Waals surface area contributed by atoms with E-state index in [0.29, 0.717) is 5.02 Å². The van der Waals surface area contributed by atoms with Crippen LogP contribution in [0.25, 0.3) is 0 Å². The predicted molar refractivity (Wildman–Crippen MR) is 76.0 cm³/mol. The number of hydrogen-bond acceptors (Lipinski definition) is 5. The first kappa shape index (κ1) is 15.5. The molecule has 0 amide bonds. The minimum Gasteiger partial charge on any atom is -0.398 e. The van der Waals surface area contributed by atoms with Crippen molar-refractivity contribution < 1.29 is 18.3 Å². The van der Waals surface area contributed by atoms with E-state index in [1.165, 1.54) is 22.5 Å². The molecule has 0 spiro atoms. The number of hydrogen-bond donors (Lipinski definition) is 2. The van der Waals surface area contributed by atoms with Gasteiger partial charge in [0.2, 0.25) is 10.0 Å². The van der Waals surface area contributed by atoms with Gasteiger partial charge in [-0.15, -0.1) is 0 Å². The summed E-state index contributed by atoms with van der Waals surface area (Å²) in [5.41, 5.74) is 5.85. The molecule has 1 saturated heterocycles. The normalized spacial score (nSPS) is 24.8. The Hall–Kier alpha value is -0.860. The molecular formula is C12H17ClN2O4S. The van der Waals surface area contributed by atoms with Crippen molar-refractivity contribution in [2.75, 3.05) is 25.4 Å². The van der Waals surface area contributed by atoms with Gasteiger partial charge in [-0.3, -0.25) is 0 Å². The second-order valence-corrected chi connectivity index (χ2v) is 7.10. The second kappa shape index (κ2) is 5.87. The first-order valence-electron chi connectivity index (χ1n) is 6.16. The predicted octanol–water partition coefficient (Wildman–Crippen LogP) is 0.693. The number of rotatable bonds is 3. The van der Waals surface area contributed by atoms with Crippen LogP contribution in [0.4, 0.5) is 5.69 Å². The monoisotopic (exact) mass is 320 g/mol. The topological polar surface area (TPSA) is 92.9 Å². The van der Waals surface area contributed by atoms with Gasteiger partial charge in [0.1, 0.15) is 4.90 Å². The number of aliphatic hydroxyl groups is 1. The van der Waals surface area contributed by atoms with E-state index >= 15 is 0 Å². The van der Waals surface area contributed by atoms with E-state index in [1.807, 2.05) is 0 Å². The third-order valence-corrected chi connectivity index (χ3v) is 5.23. The SMILES string of the molecule is CC1CN(S(=O)(=O)c2ccc(Cl)cc2N)CC(CO)O1. The standard InChI is InChI=1S/C12H17ClN2O4S/c1-8-5-15(6-10(7-16)19-8)20(17,18)12-3-2-9(13)4-11(12)14/h2-4,8,10,16H,5-7,14H2,1H3. The average molecular weight is 321 g/mol. The van der Waals surface area contributed by atoms with Gasteiger partial charge in [-0.1, -0.05) is 11.6 Å². The number of anilines is 1. The number of ether oxygens (including phenoxy) is 1. The third-order valence-electron chi connectivity index (χ3n) is 3.09. The van der Waals surface area contributed by atoms with Gasteiger partial charge in [0, 0.05) is 18.1 Å². The molecule has 6 nitrogen and oxygen atoms in total. The molecular weight excluding hydrogens is 304 g/mol. The molecule has 1 fully saturated rings. The van der Waals surface area contributed by atoms with Crippen molar-refractivity contribution >= 4 is 27.3 Å². The Morgan fingerprint density at radius 3 is 2.80 bits per heavy atom. The van der Waals surface area contributed by atoms with Gasteiger partial charge in [0.15, 0.2) is 0 Å². The summed E-state index contributed by atoms with van der Waals surface area (Å²) in [4.78, 5) is 0.0210. The number of sulfonamides is 1. The Morgan fingerprint density at radius 1 is 1.50 bits per heavy atom. The van der Waals surface area contributed by atoms with E-state index in [4.69, 9.17) is 27.2 Å². The quantitative estimate of drug-likeness (QED) is 0.799. The lowest BCUT2D eigenvalue weighted by atomic mass is 10.2. The number of benzene rings is 1. The van der Waals surface area contributed by atoms with Gasteiger partial charge in [-0.25, -0.2) is 8.42 Å². The van der Waals surface area contributed by atoms with E-state index in [-0.39, 0.29) is 36.4 Å². The van der Waals surface area contributed by atoms with Crippen LogP contribution < -0.4 is 5.73 Å². The maximum absolute atomic E-state index is 12.6. The molecule has 20 heavy (non-hydrogen) atoms. The molecule has 1 aromatic carbocycles. The zero-order chi connectivity index (χ0) is 14.9. The summed E-state index contributed by atoms with van der Waals surface area (Å²) in [6.45, 7) is 1.86. The van der Waals surface area contributed by atoms with Crippen LogP contribution in [0.2, 0.25) is 5.02 Å². The fraction of sp³-hybridized carbons (Fsp3) is 0.500. The number of morpholine rings is 1. The van der Waals surface area contributed by atoms with Crippen molar-refractivity contribution in [1.82, 2.24) is 4.31 Å². The highest BCUT2D eigenvalue weighted by atomic mass is 35.5. The van der Waals surface area contributed by atoms with Crippen LogP contribution in [0.15, 0.2) is 23.1 Å². The fourth-order valence-corrected chi connectivity index (χ4v) is 4.02. The van der Waals surface area contributed by atoms with Crippen molar-refractivity contribution in [2.24, 2.45) is 0 Å². The molecule has 0 aliphatic carbocycles. The summed E-state index contributed by atoms with van der Waals surface area (Å²) >= 11 is 5.78. The molecule has 1 aliphatic rings. The van der Waals surface area contributed by atoms with Crippen molar-refractivity contribution in [3.05, 3.63) is 23.2 Å². The molecule has 0 radical (unpaired) electrons. The fourth-order valence-electron chi connectivity index (χ4n) is 2.19. The maximum atomic E-state index is 12.6. The van der Waals surface area contributed by atoms with Gasteiger partial charge < -0.3 is 15.6 Å². The van der Waals surface area contributed by atoms with Crippen LogP contribution in [0.5, 0.6) is 0 Å². The zero-order valence-electron chi connectivity index (χ0n) is 11.0. The Kier molecular flexibility index (Phi) is 4.55. The minimum absolute atomic E-state index is 0.0210. The zero-order valence-corrected chi connectivity index (χ0v) is 12.6. The molecule has 0 bridgehead atoms. The van der Waals surface area contributed by atoms with Crippen molar-refractivity contribution in [3.63, 3.8) is 0 Å². The van der Waals surface area contributed by atoms with Gasteiger partial charge in [-0.2, -0.15) is 4.31 Å². The lowest BCUT2D eigenvalue weighted by molar-refractivity contribution is -0.0750. The van der Waals surface area contributed by atoms with Crippen molar-refractivity contribution in [2.45, 2.75) is 24.0 Å². The first-order chi connectivity index (χ1) is 9.34. The van der Waals surface area contributed by atoms with E-state index in [0.717, 1.165) is 0 Å². The molecule has 2 atom stereocenters. The van der Waals surface area contributed by atoms with Gasteiger partial charge >= 0.3 is 0 Å². The minimum atomic E-state index is -3.73. The van der Waals surface area contributed by atoms with E-state index < -0.39 is 16.1 Å². The molecule has 8 heteroatoms. The maximum Gasteiger partial charge on any atom is 0.245 e. The number of nitrogen functional groups attached to an aromatic ring is 1. The molecule has 3 N–H and O–H groups in total. The van der Waals surface area contributed by atoms with Crippen LogP contribution in [-0.2, 0) is 14.8 Å². The molecule has 0 saturated carbocycles. The Balaban J connectivity index is 2.34. The molecule has 2 unspecified atom stereocenters. The van der Waals surface area contributed by atoms with Gasteiger partial charge in [0.05, 0.1) is 24.5 Å². The number of halogens is 1. The molecule has 2 rings (SSSR count). The van der Waals surface area contributed by atoms with Crippen molar-refractivity contribution in [1.29, 1.82) is 0 Å². The number of aliphatic hydroxyl groups excluding tert-OH is 1. The molecule has 1 aliphatic heterocycles. The third kappa shape index (κ3) is 3.07. The largest absolute Gasteiger partial charge is 0.398 e. The van der Waals surface area contributed by atoms with E-state index in [2.05, 4.69) is 0 Å². The summed E-state index contributed by atoms with van der Waals surface area (Å²) in [5.74, 6) is 0. The summed E-state index contributed by atoms with van der Waals surface area (Å²) in [5, 5.41) is 9.54. The first-order valence-corrected chi connectivity index (χ1v) is 7.98. The van der Waals surface area contributed by atoms with Crippen LogP contribution >= 0.6 is 11.6 Å². The highest BCUT2D eigenvalue weighted by Gasteiger charge is 2.34. The Labute approximate surface area is 123 Å². The summed E-state index contributed by atoms with van der Waals surface area (Å²) in [7, 11) is -3.73. The second-order valence-electron chi connectivity index (χ2n) is 4.76. The summed E-state index contributed by atoms with van der Waals surface area (Å²) in [6.07, 6.45) is -0.814. The van der Waals surface area contributed by atoms with Gasteiger partial charge in [0.25, 0.3) is 0 Å². The summed E-state index contributed by atoms with van der Waals surface area (Å²) in [6, 6.07) is 4.28. The van der Waals surface area contributed by atoms with Crippen LogP contribution in [-0.4, -0.2) is 49.7 Å². The molecule has 1 heterocycles. The van der Waals surface area contributed by atoms with E-state index in [1.54, 1.807) is 6.92 Å². The molecule has 0 aromatic heterocycles. The van der Waals surface area contributed by atoms with Gasteiger partial charge in [-0.05, 0) is 25.1 Å². The number of nitrogens with two attached hydrogens (primary N) is 1. The number of nitrogens with zero attached hydrogens (tertiary/aromatic N) is 1. The lowest BCUT2D eigenvalue weighted by Crippen LogP contribution is -2.50. The van der Waals surface area contributed by atoms with Crippen molar-refractivity contribution in [3.8, 4) is 0 Å². The smallest absolute Gasteiger partial charge is 0.245 e. The Bertz CT molecular complexity index is 593. The Morgan fingerprint density at radius 2 is 2.20 bits per heavy atom. The highest BCUT2D eigenvalue weighted by Crippen LogP contribution is 2.27. The van der Waals surface area contributed by atoms with Crippen LogP contribution in [0.3, 0.4) is 0 Å². The summed E-state index contributed by atoms with van der Waals surface area (Å²) < 4.78 is 31.9. The van der Waals surface area contributed by atoms with E-state index in [9.17, 15) is 8.42 Å². The highest BCUT2D eigenvalue weighted by molar-refractivity contribution is 7.89. The van der Waals surface area contributed by atoms with Crippen LogP contribution in [0, 0.1) is 0 Å².